The Morgan fingerprint density at radius 3 is 2.53 bits per heavy atom. The second-order valence-corrected chi connectivity index (χ2v) is 8.05. The number of fused-ring (bicyclic) bond motifs is 1. The van der Waals surface area contributed by atoms with Gasteiger partial charge >= 0.3 is 0 Å². The van der Waals surface area contributed by atoms with Crippen LogP contribution in [0.25, 0.3) is 27.8 Å². The van der Waals surface area contributed by atoms with Gasteiger partial charge in [0.2, 0.25) is 17.5 Å². The fraction of sp³-hybridized carbons (Fsp3) is 0.348. The van der Waals surface area contributed by atoms with E-state index in [2.05, 4.69) is 21.1 Å². The Morgan fingerprint density at radius 1 is 1.17 bits per heavy atom. The summed E-state index contributed by atoms with van der Waals surface area (Å²) in [4.78, 5) is 3.55. The molecule has 0 fully saturated rings. The largest absolute Gasteiger partial charge is 0.502 e. The number of aryl methyl sites for hydroxylation is 1. The third-order valence-electron chi connectivity index (χ3n) is 5.32. The SMILES string of the molecule is [C-]#[N+]c1cc(-c2nnc(-c3ccc4c(c3)CC(N)(CO)CC4)o2)ccc1OC(C)C. The number of benzene rings is 2. The Bertz CT molecular complexity index is 1120. The molecule has 1 aromatic heterocycles. The van der Waals surface area contributed by atoms with Gasteiger partial charge in [-0.3, -0.25) is 0 Å². The predicted octanol–water partition coefficient (Wildman–Crippen LogP) is 3.92. The standard InChI is InChI=1S/C23H24N4O3/c1-14(2)29-20-7-6-17(11-19(20)25-3)22-27-26-21(30-22)16-5-4-15-8-9-23(24,13-28)12-18(15)10-16/h4-7,10-11,14,28H,8-9,12-13,24H2,1-2H3. The number of nitrogens with two attached hydrogens (primary N) is 1. The number of aromatic nitrogens is 2. The van der Waals surface area contributed by atoms with Crippen molar-refractivity contribution in [2.45, 2.75) is 44.8 Å². The quantitative estimate of drug-likeness (QED) is 0.626. The van der Waals surface area contributed by atoms with Crippen LogP contribution in [-0.4, -0.2) is 33.6 Å². The number of hydrogen-bond acceptors (Lipinski definition) is 6. The van der Waals surface area contributed by atoms with Gasteiger partial charge in [0.15, 0.2) is 0 Å². The van der Waals surface area contributed by atoms with Crippen molar-refractivity contribution in [1.82, 2.24) is 10.2 Å². The molecule has 7 nitrogen and oxygen atoms in total. The summed E-state index contributed by atoms with van der Waals surface area (Å²) < 4.78 is 11.6. The van der Waals surface area contributed by atoms with Crippen LogP contribution in [0.15, 0.2) is 40.8 Å². The molecule has 0 spiro atoms. The lowest BCUT2D eigenvalue weighted by atomic mass is 9.78. The smallest absolute Gasteiger partial charge is 0.248 e. The molecule has 3 N–H and O–H groups in total. The molecular weight excluding hydrogens is 380 g/mol. The summed E-state index contributed by atoms with van der Waals surface area (Å²) in [6.45, 7) is 11.2. The van der Waals surface area contributed by atoms with E-state index >= 15 is 0 Å². The second-order valence-electron chi connectivity index (χ2n) is 8.05. The van der Waals surface area contributed by atoms with Gasteiger partial charge in [-0.05, 0) is 74.6 Å². The van der Waals surface area contributed by atoms with E-state index in [1.54, 1.807) is 18.2 Å². The molecule has 7 heteroatoms. The molecule has 30 heavy (non-hydrogen) atoms. The number of hydrogen-bond donors (Lipinski definition) is 2. The Balaban J connectivity index is 1.63. The Morgan fingerprint density at radius 2 is 1.87 bits per heavy atom. The first-order valence-corrected chi connectivity index (χ1v) is 9.95. The zero-order chi connectivity index (χ0) is 21.3. The van der Waals surface area contributed by atoms with Gasteiger partial charge < -0.3 is 20.0 Å². The summed E-state index contributed by atoms with van der Waals surface area (Å²) in [7, 11) is 0. The Labute approximate surface area is 175 Å². The molecule has 0 radical (unpaired) electrons. The normalized spacial score (nSPS) is 18.1. The van der Waals surface area contributed by atoms with E-state index in [4.69, 9.17) is 21.5 Å². The topological polar surface area (TPSA) is 98.8 Å². The maximum absolute atomic E-state index is 9.61. The van der Waals surface area contributed by atoms with E-state index in [1.807, 2.05) is 26.0 Å². The van der Waals surface area contributed by atoms with Crippen LogP contribution >= 0.6 is 0 Å². The van der Waals surface area contributed by atoms with Crippen LogP contribution in [0.3, 0.4) is 0 Å². The predicted molar refractivity (Wildman–Crippen MR) is 113 cm³/mol. The average Bonchev–Trinajstić information content (AvgIpc) is 3.23. The van der Waals surface area contributed by atoms with E-state index in [0.717, 1.165) is 24.0 Å². The monoisotopic (exact) mass is 404 g/mol. The second kappa shape index (κ2) is 7.90. The van der Waals surface area contributed by atoms with E-state index in [9.17, 15) is 5.11 Å². The molecule has 4 rings (SSSR count). The third-order valence-corrected chi connectivity index (χ3v) is 5.32. The molecule has 154 valence electrons. The molecule has 1 unspecified atom stereocenters. The Kier molecular flexibility index (Phi) is 5.29. The number of aliphatic hydroxyl groups excluding tert-OH is 1. The maximum atomic E-state index is 9.61. The van der Waals surface area contributed by atoms with Gasteiger partial charge in [0.05, 0.1) is 19.3 Å². The average molecular weight is 404 g/mol. The number of nitrogens with zero attached hydrogens (tertiary/aromatic N) is 3. The molecule has 0 saturated carbocycles. The number of rotatable bonds is 5. The summed E-state index contributed by atoms with van der Waals surface area (Å²) >= 11 is 0. The zero-order valence-electron chi connectivity index (χ0n) is 17.1. The van der Waals surface area contributed by atoms with Crippen molar-refractivity contribution in [3.05, 3.63) is 58.9 Å². The van der Waals surface area contributed by atoms with E-state index in [1.165, 1.54) is 5.56 Å². The van der Waals surface area contributed by atoms with Crippen LogP contribution in [0.4, 0.5) is 5.69 Å². The molecule has 1 heterocycles. The van der Waals surface area contributed by atoms with Gasteiger partial charge in [0.1, 0.15) is 5.75 Å². The van der Waals surface area contributed by atoms with Gasteiger partial charge in [-0.1, -0.05) is 6.07 Å². The van der Waals surface area contributed by atoms with Crippen molar-refractivity contribution in [3.8, 4) is 28.7 Å². The summed E-state index contributed by atoms with van der Waals surface area (Å²) in [5.41, 5.74) is 9.89. The number of ether oxygens (including phenoxy) is 1. The third kappa shape index (κ3) is 3.92. The van der Waals surface area contributed by atoms with Crippen molar-refractivity contribution in [1.29, 1.82) is 0 Å². The first-order chi connectivity index (χ1) is 14.4. The van der Waals surface area contributed by atoms with E-state index in [-0.39, 0.29) is 12.7 Å². The summed E-state index contributed by atoms with van der Waals surface area (Å²) in [5, 5.41) is 18.0. The minimum atomic E-state index is -0.582. The first kappa shape index (κ1) is 20.1. The first-order valence-electron chi connectivity index (χ1n) is 9.95. The number of aliphatic hydroxyl groups is 1. The molecule has 0 saturated heterocycles. The van der Waals surface area contributed by atoms with Gasteiger partial charge in [-0.25, -0.2) is 4.85 Å². The molecule has 1 aliphatic carbocycles. The molecule has 0 amide bonds. The molecule has 1 aliphatic rings. The van der Waals surface area contributed by atoms with Crippen molar-refractivity contribution in [2.75, 3.05) is 6.61 Å². The minimum Gasteiger partial charge on any atom is -0.502 e. The lowest BCUT2D eigenvalue weighted by Gasteiger charge is -2.33. The van der Waals surface area contributed by atoms with Gasteiger partial charge in [-0.2, -0.15) is 0 Å². The van der Waals surface area contributed by atoms with Crippen LogP contribution in [0.1, 0.15) is 31.4 Å². The highest BCUT2D eigenvalue weighted by atomic mass is 16.5. The van der Waals surface area contributed by atoms with Crippen LogP contribution in [0.5, 0.6) is 5.75 Å². The van der Waals surface area contributed by atoms with Gasteiger partial charge in [-0.15, -0.1) is 10.2 Å². The summed E-state index contributed by atoms with van der Waals surface area (Å²) in [6, 6.07) is 11.3. The van der Waals surface area contributed by atoms with Crippen molar-refractivity contribution in [3.63, 3.8) is 0 Å². The highest BCUT2D eigenvalue weighted by molar-refractivity contribution is 5.69. The highest BCUT2D eigenvalue weighted by Crippen LogP contribution is 2.35. The van der Waals surface area contributed by atoms with Gasteiger partial charge in [0, 0.05) is 16.7 Å². The molecular formula is C23H24N4O3. The van der Waals surface area contributed by atoms with Crippen molar-refractivity contribution >= 4 is 5.69 Å². The maximum Gasteiger partial charge on any atom is 0.248 e. The fourth-order valence-corrected chi connectivity index (χ4v) is 3.70. The van der Waals surface area contributed by atoms with Crippen LogP contribution in [-0.2, 0) is 12.8 Å². The molecule has 1 atom stereocenters. The zero-order valence-corrected chi connectivity index (χ0v) is 17.1. The van der Waals surface area contributed by atoms with Crippen LogP contribution in [0, 0.1) is 6.57 Å². The van der Waals surface area contributed by atoms with Crippen LogP contribution in [0.2, 0.25) is 0 Å². The lowest BCUT2D eigenvalue weighted by Crippen LogP contribution is -2.48. The molecule has 3 aromatic rings. The fourth-order valence-electron chi connectivity index (χ4n) is 3.70. The highest BCUT2D eigenvalue weighted by Gasteiger charge is 2.30. The summed E-state index contributed by atoms with van der Waals surface area (Å²) in [6.07, 6.45) is 2.19. The molecule has 0 aliphatic heterocycles. The molecule has 0 bridgehead atoms. The Hall–Kier alpha value is -3.21. The minimum absolute atomic E-state index is 0.0199. The van der Waals surface area contributed by atoms with Crippen molar-refractivity contribution in [2.24, 2.45) is 5.73 Å². The summed E-state index contributed by atoms with van der Waals surface area (Å²) in [5.74, 6) is 1.27. The van der Waals surface area contributed by atoms with Gasteiger partial charge in [0.25, 0.3) is 0 Å². The van der Waals surface area contributed by atoms with E-state index < -0.39 is 5.54 Å². The van der Waals surface area contributed by atoms with Crippen molar-refractivity contribution < 1.29 is 14.3 Å². The molecule has 2 aromatic carbocycles. The van der Waals surface area contributed by atoms with E-state index in [0.29, 0.717) is 35.2 Å². The van der Waals surface area contributed by atoms with Crippen LogP contribution < -0.4 is 10.5 Å². The lowest BCUT2D eigenvalue weighted by molar-refractivity contribution is 0.181.